The molecule has 0 spiro atoms. The standard InChI is InChI=1S/C23H21.C15H8F6.C11H17.2ClH.Zr/c1-22(2)7-5-14-10-18-16(12-20(14)22)9-17-13-21-15(11-19(17)18)6-8-23(21,3)4;16-14(17,18)12-5-1-10(2-6-12)9-11-3-7-13(8-4-11)15(19,20)21;1-5-9-6-7-10(8-9)11(2,3)4;;;/h5-7,10-13H,9H2,1-4H3;1-8H;6-8H,5H2,1-4H3;2*1H;/q-1;;-1;;;+2/p-2. The van der Waals surface area contributed by atoms with Gasteiger partial charge < -0.3 is 24.8 Å². The maximum Gasteiger partial charge on any atom is -1.00 e. The van der Waals surface area contributed by atoms with Gasteiger partial charge in [0.2, 0.25) is 0 Å². The third-order valence-corrected chi connectivity index (χ3v) is 12.4. The van der Waals surface area contributed by atoms with E-state index >= 15 is 0 Å². The Bertz CT molecular complexity index is 2190. The summed E-state index contributed by atoms with van der Waals surface area (Å²) < 4.78 is 75.6. The van der Waals surface area contributed by atoms with E-state index in [2.05, 4.69) is 122 Å². The molecular weight excluding hydrogens is 865 g/mol. The summed E-state index contributed by atoms with van der Waals surface area (Å²) in [4.78, 5) is 0. The van der Waals surface area contributed by atoms with Crippen molar-refractivity contribution in [2.45, 2.75) is 96.8 Å². The topological polar surface area (TPSA) is 0 Å². The average molecular weight is 911 g/mol. The van der Waals surface area contributed by atoms with Crippen molar-refractivity contribution in [1.29, 1.82) is 0 Å². The van der Waals surface area contributed by atoms with Crippen molar-refractivity contribution in [3.05, 3.63) is 170 Å². The predicted octanol–water partition coefficient (Wildman–Crippen LogP) is 7.78. The molecule has 0 aromatic heterocycles. The van der Waals surface area contributed by atoms with E-state index in [1.54, 1.807) is 0 Å². The Balaban J connectivity index is 0.000000201. The molecular formula is C49H46Cl2F6Zr-2. The van der Waals surface area contributed by atoms with Crippen LogP contribution < -0.4 is 24.8 Å². The van der Waals surface area contributed by atoms with E-state index in [0.29, 0.717) is 19.7 Å². The normalized spacial score (nSPS) is 15.0. The van der Waals surface area contributed by atoms with Gasteiger partial charge in [0.05, 0.1) is 0 Å². The van der Waals surface area contributed by atoms with E-state index in [1.807, 2.05) is 0 Å². The summed E-state index contributed by atoms with van der Waals surface area (Å²) >= 11 is 0.898. The minimum Gasteiger partial charge on any atom is -1.00 e. The van der Waals surface area contributed by atoms with Gasteiger partial charge in [0.25, 0.3) is 0 Å². The van der Waals surface area contributed by atoms with Crippen LogP contribution in [-0.2, 0) is 65.7 Å². The smallest absolute Gasteiger partial charge is 1.00 e. The van der Waals surface area contributed by atoms with E-state index in [-0.39, 0.29) is 35.6 Å². The molecule has 0 fully saturated rings. The van der Waals surface area contributed by atoms with Gasteiger partial charge >= 0.3 is 137 Å². The summed E-state index contributed by atoms with van der Waals surface area (Å²) in [6, 6.07) is 25.6. The monoisotopic (exact) mass is 908 g/mol. The van der Waals surface area contributed by atoms with Crippen molar-refractivity contribution in [3.8, 4) is 11.1 Å². The molecule has 304 valence electrons. The number of benzene rings is 4. The molecule has 5 aromatic rings. The molecule has 0 saturated heterocycles. The molecule has 0 radical (unpaired) electrons. The third-order valence-electron chi connectivity index (χ3n) is 11.0. The number of hydrogen-bond acceptors (Lipinski definition) is 0. The number of hydrogen-bond donors (Lipinski definition) is 0. The molecule has 0 bridgehead atoms. The molecule has 8 rings (SSSR count). The van der Waals surface area contributed by atoms with Crippen LogP contribution in [-0.4, -0.2) is 3.21 Å². The molecule has 0 aliphatic heterocycles. The Hall–Kier alpha value is -3.38. The van der Waals surface area contributed by atoms with Gasteiger partial charge in [-0.15, -0.1) is 11.6 Å². The number of allylic oxidation sites excluding steroid dienone is 2. The van der Waals surface area contributed by atoms with Crippen molar-refractivity contribution < 1.29 is 75.4 Å². The number of alkyl halides is 6. The van der Waals surface area contributed by atoms with Crippen molar-refractivity contribution in [3.63, 3.8) is 0 Å². The SMILES string of the molecule is CC1(C)[C-]=Cc2cc3c(cc21)Cc1cc2c(cc1-3)C=CC2(C)C.CCc1cc(C(C)(C)C)c[cH-]1.FC(F)(F)c1ccc([C](=[Zr+2])c2ccc(C(F)(F)F)cc2)cc1.[Cl-].[Cl-]. The minimum atomic E-state index is -4.41. The van der Waals surface area contributed by atoms with Crippen LogP contribution in [0.1, 0.15) is 122 Å². The van der Waals surface area contributed by atoms with Gasteiger partial charge in [-0.05, 0) is 45.9 Å². The fraction of sp³-hybridized carbons (Fsp3) is 0.306. The van der Waals surface area contributed by atoms with Crippen molar-refractivity contribution in [1.82, 2.24) is 0 Å². The zero-order valence-electron chi connectivity index (χ0n) is 33.8. The summed E-state index contributed by atoms with van der Waals surface area (Å²) in [5.74, 6) is 0. The number of rotatable bonds is 3. The molecule has 0 nitrogen and oxygen atoms in total. The van der Waals surface area contributed by atoms with E-state index in [1.165, 1.54) is 79.9 Å². The van der Waals surface area contributed by atoms with Gasteiger partial charge in [0.15, 0.2) is 0 Å². The summed E-state index contributed by atoms with van der Waals surface area (Å²) in [5.41, 5.74) is 14.5. The summed E-state index contributed by atoms with van der Waals surface area (Å²) in [5, 5.41) is 0. The molecule has 58 heavy (non-hydrogen) atoms. The first-order valence-electron chi connectivity index (χ1n) is 18.8. The fourth-order valence-electron chi connectivity index (χ4n) is 7.40. The molecule has 0 atom stereocenters. The van der Waals surface area contributed by atoms with Crippen LogP contribution in [0.15, 0.2) is 97.1 Å². The van der Waals surface area contributed by atoms with Gasteiger partial charge in [-0.1, -0.05) is 96.9 Å². The Morgan fingerprint density at radius 2 is 1.17 bits per heavy atom. The van der Waals surface area contributed by atoms with E-state index in [9.17, 15) is 26.3 Å². The predicted molar refractivity (Wildman–Crippen MR) is 214 cm³/mol. The maximum absolute atomic E-state index is 12.5. The molecule has 0 unspecified atom stereocenters. The molecule has 0 amide bonds. The molecule has 3 aliphatic carbocycles. The van der Waals surface area contributed by atoms with E-state index in [0.717, 1.165) is 61.3 Å². The van der Waals surface area contributed by atoms with Crippen LogP contribution >= 0.6 is 0 Å². The second-order valence-electron chi connectivity index (χ2n) is 17.0. The van der Waals surface area contributed by atoms with Gasteiger partial charge in [-0.3, -0.25) is 6.08 Å². The quantitative estimate of drug-likeness (QED) is 0.126. The van der Waals surface area contributed by atoms with Gasteiger partial charge in [0, 0.05) is 5.41 Å². The van der Waals surface area contributed by atoms with Crippen molar-refractivity contribution in [2.75, 3.05) is 0 Å². The Labute approximate surface area is 366 Å². The first-order chi connectivity index (χ1) is 26.0. The van der Waals surface area contributed by atoms with Crippen LogP contribution in [0.4, 0.5) is 26.3 Å². The minimum absolute atomic E-state index is 0. The van der Waals surface area contributed by atoms with Crippen LogP contribution in [0.2, 0.25) is 0 Å². The second-order valence-corrected chi connectivity index (χ2v) is 18.2. The fourth-order valence-corrected chi connectivity index (χ4v) is 8.22. The van der Waals surface area contributed by atoms with Crippen molar-refractivity contribution in [2.24, 2.45) is 0 Å². The number of fused-ring (bicyclic) bond motifs is 5. The largest absolute Gasteiger partial charge is 1.00 e. The molecule has 5 aromatic carbocycles. The molecule has 0 heterocycles. The second kappa shape index (κ2) is 17.3. The summed E-state index contributed by atoms with van der Waals surface area (Å²) in [6.07, 6.45) is 3.69. The van der Waals surface area contributed by atoms with Gasteiger partial charge in [-0.2, -0.15) is 28.8 Å². The average Bonchev–Trinajstić information content (AvgIpc) is 3.90. The molecule has 0 saturated carbocycles. The Morgan fingerprint density at radius 1 is 0.690 bits per heavy atom. The summed E-state index contributed by atoms with van der Waals surface area (Å²) in [7, 11) is 0. The Morgan fingerprint density at radius 3 is 1.60 bits per heavy atom. The Kier molecular flexibility index (Phi) is 14.1. The van der Waals surface area contributed by atoms with Crippen LogP contribution in [0.5, 0.6) is 0 Å². The number of halogens is 8. The van der Waals surface area contributed by atoms with Crippen molar-refractivity contribution >= 4 is 15.4 Å². The van der Waals surface area contributed by atoms with E-state index in [4.69, 9.17) is 0 Å². The van der Waals surface area contributed by atoms with Crippen LogP contribution in [0.25, 0.3) is 23.3 Å². The number of aryl methyl sites for hydroxylation is 1. The molecule has 0 N–H and O–H groups in total. The van der Waals surface area contributed by atoms with Gasteiger partial charge in [-0.25, -0.2) is 12.1 Å². The molecule has 9 heteroatoms. The third kappa shape index (κ3) is 10.1. The maximum atomic E-state index is 12.5. The van der Waals surface area contributed by atoms with Crippen LogP contribution in [0.3, 0.4) is 0 Å². The van der Waals surface area contributed by atoms with E-state index < -0.39 is 23.5 Å². The molecule has 3 aliphatic rings. The van der Waals surface area contributed by atoms with Crippen LogP contribution in [0, 0.1) is 6.08 Å². The zero-order valence-corrected chi connectivity index (χ0v) is 37.8. The van der Waals surface area contributed by atoms with Gasteiger partial charge in [0.1, 0.15) is 0 Å². The first kappa shape index (κ1) is 47.3. The zero-order chi connectivity index (χ0) is 41.0. The first-order valence-corrected chi connectivity index (χ1v) is 20.1. The summed E-state index contributed by atoms with van der Waals surface area (Å²) in [6.45, 7) is 18.1.